The van der Waals surface area contributed by atoms with Crippen LogP contribution in [0.15, 0.2) is 30.6 Å². The maximum Gasteiger partial charge on any atom is 0.132 e. The molecule has 0 bridgehead atoms. The Morgan fingerprint density at radius 1 is 1.16 bits per heavy atom. The van der Waals surface area contributed by atoms with E-state index in [0.29, 0.717) is 22.0 Å². The van der Waals surface area contributed by atoms with Gasteiger partial charge in [-0.25, -0.2) is 9.97 Å². The molecule has 4 nitrogen and oxygen atoms in total. The minimum atomic E-state index is 0.218. The van der Waals surface area contributed by atoms with Crippen LogP contribution < -0.4 is 5.32 Å². The number of fused-ring (bicyclic) bond motifs is 1. The van der Waals surface area contributed by atoms with E-state index in [4.69, 9.17) is 28.2 Å². The fraction of sp³-hybridized carbons (Fsp3) is 0.368. The Labute approximate surface area is 157 Å². The highest BCUT2D eigenvalue weighted by atomic mass is 35.5. The Morgan fingerprint density at radius 3 is 2.80 bits per heavy atom. The zero-order valence-electron chi connectivity index (χ0n) is 14.2. The summed E-state index contributed by atoms with van der Waals surface area (Å²) in [5.74, 6) is 1.24. The number of hydrogen-bond donors (Lipinski definition) is 2. The highest BCUT2D eigenvalue weighted by Crippen LogP contribution is 2.37. The second kappa shape index (κ2) is 6.60. The molecule has 4 rings (SSSR count). The Bertz CT molecular complexity index is 921. The molecule has 1 saturated heterocycles. The lowest BCUT2D eigenvalue weighted by Gasteiger charge is -2.34. The number of benzene rings is 1. The monoisotopic (exact) mass is 374 g/mol. The fourth-order valence-corrected chi connectivity index (χ4v) is 4.02. The maximum absolute atomic E-state index is 6.21. The molecular formula is C19H20Cl2N4. The SMILES string of the molecule is Cc1c[nH]c2cnc(C3CC(C)NC(c4ccc(Cl)c(Cl)c4)C3)nc12. The molecule has 0 aliphatic carbocycles. The number of H-pyrrole nitrogens is 1. The maximum atomic E-state index is 6.21. The zero-order chi connectivity index (χ0) is 17.6. The van der Waals surface area contributed by atoms with Crippen LogP contribution >= 0.6 is 23.2 Å². The van der Waals surface area contributed by atoms with Gasteiger partial charge in [0.05, 0.1) is 27.3 Å². The third-order valence-corrected chi connectivity index (χ3v) is 5.72. The first-order chi connectivity index (χ1) is 12.0. The number of nitrogens with zero attached hydrogens (tertiary/aromatic N) is 2. The van der Waals surface area contributed by atoms with Crippen molar-refractivity contribution < 1.29 is 0 Å². The summed E-state index contributed by atoms with van der Waals surface area (Å²) in [5.41, 5.74) is 4.32. The molecule has 0 saturated carbocycles. The molecule has 1 aliphatic rings. The first-order valence-electron chi connectivity index (χ1n) is 8.53. The van der Waals surface area contributed by atoms with Gasteiger partial charge in [-0.1, -0.05) is 29.3 Å². The van der Waals surface area contributed by atoms with Crippen LogP contribution in [0.5, 0.6) is 0 Å². The molecule has 0 spiro atoms. The second-order valence-electron chi connectivity index (χ2n) is 6.92. The summed E-state index contributed by atoms with van der Waals surface area (Å²) in [4.78, 5) is 12.7. The lowest BCUT2D eigenvalue weighted by molar-refractivity contribution is 0.300. The summed E-state index contributed by atoms with van der Waals surface area (Å²) in [7, 11) is 0. The molecule has 3 heterocycles. The van der Waals surface area contributed by atoms with Crippen LogP contribution in [-0.2, 0) is 0 Å². The number of rotatable bonds is 2. The first kappa shape index (κ1) is 16.8. The van der Waals surface area contributed by atoms with E-state index in [1.54, 1.807) is 0 Å². The van der Waals surface area contributed by atoms with E-state index in [1.807, 2.05) is 30.6 Å². The molecule has 0 amide bonds. The normalized spacial score (nSPS) is 23.9. The van der Waals surface area contributed by atoms with Crippen LogP contribution in [0.1, 0.15) is 48.7 Å². The fourth-order valence-electron chi connectivity index (χ4n) is 3.71. The number of halogens is 2. The van der Waals surface area contributed by atoms with Gasteiger partial charge in [-0.05, 0) is 49.9 Å². The molecule has 1 fully saturated rings. The average molecular weight is 375 g/mol. The van der Waals surface area contributed by atoms with Crippen LogP contribution in [-0.4, -0.2) is 21.0 Å². The van der Waals surface area contributed by atoms with Crippen molar-refractivity contribution in [2.24, 2.45) is 0 Å². The molecule has 6 heteroatoms. The first-order valence-corrected chi connectivity index (χ1v) is 9.28. The Hall–Kier alpha value is -1.62. The number of aromatic amines is 1. The number of piperidine rings is 1. The second-order valence-corrected chi connectivity index (χ2v) is 7.74. The predicted molar refractivity (Wildman–Crippen MR) is 102 cm³/mol. The van der Waals surface area contributed by atoms with Crippen molar-refractivity contribution in [2.45, 2.75) is 44.7 Å². The molecule has 0 radical (unpaired) electrons. The lowest BCUT2D eigenvalue weighted by Crippen LogP contribution is -2.38. The topological polar surface area (TPSA) is 53.6 Å². The van der Waals surface area contributed by atoms with Crippen LogP contribution in [0.4, 0.5) is 0 Å². The molecule has 3 atom stereocenters. The van der Waals surface area contributed by atoms with E-state index in [0.717, 1.165) is 40.8 Å². The standard InChI is InChI=1S/C19H20Cl2N4/c1-10-8-22-17-9-23-19(25-18(10)17)13-5-11(2)24-16(7-13)12-3-4-14(20)15(21)6-12/h3-4,6,8-9,11,13,16,22,24H,5,7H2,1-2H3. The smallest absolute Gasteiger partial charge is 0.132 e. The van der Waals surface area contributed by atoms with Crippen molar-refractivity contribution in [1.29, 1.82) is 0 Å². The van der Waals surface area contributed by atoms with Gasteiger partial charge in [-0.3, -0.25) is 0 Å². The number of aromatic nitrogens is 3. The van der Waals surface area contributed by atoms with Gasteiger partial charge >= 0.3 is 0 Å². The van der Waals surface area contributed by atoms with E-state index in [9.17, 15) is 0 Å². The average Bonchev–Trinajstić information content (AvgIpc) is 2.97. The molecule has 2 aromatic heterocycles. The van der Waals surface area contributed by atoms with Crippen molar-refractivity contribution in [3.05, 3.63) is 57.6 Å². The van der Waals surface area contributed by atoms with E-state index in [-0.39, 0.29) is 6.04 Å². The quantitative estimate of drug-likeness (QED) is 0.650. The summed E-state index contributed by atoms with van der Waals surface area (Å²) in [6.45, 7) is 4.27. The number of aryl methyl sites for hydroxylation is 1. The van der Waals surface area contributed by atoms with E-state index in [1.165, 1.54) is 0 Å². The molecule has 1 aromatic carbocycles. The summed E-state index contributed by atoms with van der Waals surface area (Å²) in [6, 6.07) is 6.46. The lowest BCUT2D eigenvalue weighted by atomic mass is 9.85. The van der Waals surface area contributed by atoms with E-state index < -0.39 is 0 Å². The molecule has 2 N–H and O–H groups in total. The highest BCUT2D eigenvalue weighted by molar-refractivity contribution is 6.42. The van der Waals surface area contributed by atoms with Crippen molar-refractivity contribution >= 4 is 34.2 Å². The minimum Gasteiger partial charge on any atom is -0.358 e. The number of hydrogen-bond acceptors (Lipinski definition) is 3. The van der Waals surface area contributed by atoms with Gasteiger partial charge in [0.15, 0.2) is 0 Å². The number of nitrogens with one attached hydrogen (secondary N) is 2. The van der Waals surface area contributed by atoms with Crippen molar-refractivity contribution in [2.75, 3.05) is 0 Å². The summed E-state index contributed by atoms with van der Waals surface area (Å²) in [5, 5.41) is 4.84. The van der Waals surface area contributed by atoms with Crippen molar-refractivity contribution in [3.8, 4) is 0 Å². The third-order valence-electron chi connectivity index (χ3n) is 4.98. The van der Waals surface area contributed by atoms with Gasteiger partial charge in [-0.15, -0.1) is 0 Å². The Kier molecular flexibility index (Phi) is 4.44. The van der Waals surface area contributed by atoms with Crippen LogP contribution in [0.3, 0.4) is 0 Å². The van der Waals surface area contributed by atoms with Gasteiger partial charge in [0.1, 0.15) is 5.82 Å². The van der Waals surface area contributed by atoms with E-state index >= 15 is 0 Å². The molecule has 3 aromatic rings. The van der Waals surface area contributed by atoms with Gasteiger partial charge < -0.3 is 10.3 Å². The van der Waals surface area contributed by atoms with Gasteiger partial charge in [0, 0.05) is 24.2 Å². The van der Waals surface area contributed by atoms with E-state index in [2.05, 4.69) is 29.1 Å². The largest absolute Gasteiger partial charge is 0.358 e. The Balaban J connectivity index is 1.65. The summed E-state index contributed by atoms with van der Waals surface area (Å²) >= 11 is 12.3. The van der Waals surface area contributed by atoms with Crippen LogP contribution in [0.2, 0.25) is 10.0 Å². The van der Waals surface area contributed by atoms with Gasteiger partial charge in [0.2, 0.25) is 0 Å². The molecule has 1 aliphatic heterocycles. The molecular weight excluding hydrogens is 355 g/mol. The summed E-state index contributed by atoms with van der Waals surface area (Å²) < 4.78 is 0. The van der Waals surface area contributed by atoms with Crippen molar-refractivity contribution in [1.82, 2.24) is 20.3 Å². The third kappa shape index (κ3) is 3.26. The van der Waals surface area contributed by atoms with Crippen LogP contribution in [0.25, 0.3) is 11.0 Å². The summed E-state index contributed by atoms with van der Waals surface area (Å²) in [6.07, 6.45) is 5.84. The predicted octanol–water partition coefficient (Wildman–Crippen LogP) is 5.17. The van der Waals surface area contributed by atoms with Crippen LogP contribution in [0, 0.1) is 6.92 Å². The molecule has 130 valence electrons. The molecule has 3 unspecified atom stereocenters. The molecule has 25 heavy (non-hydrogen) atoms. The highest BCUT2D eigenvalue weighted by Gasteiger charge is 2.30. The Morgan fingerprint density at radius 2 is 2.00 bits per heavy atom. The minimum absolute atomic E-state index is 0.218. The van der Waals surface area contributed by atoms with Gasteiger partial charge in [0.25, 0.3) is 0 Å². The zero-order valence-corrected chi connectivity index (χ0v) is 15.7. The van der Waals surface area contributed by atoms with Gasteiger partial charge in [-0.2, -0.15) is 0 Å². The van der Waals surface area contributed by atoms with Crippen molar-refractivity contribution in [3.63, 3.8) is 0 Å².